The van der Waals surface area contributed by atoms with Gasteiger partial charge in [0, 0.05) is 18.7 Å². The number of amides is 1. The van der Waals surface area contributed by atoms with Crippen molar-refractivity contribution in [1.82, 2.24) is 4.90 Å². The van der Waals surface area contributed by atoms with Crippen molar-refractivity contribution in [2.75, 3.05) is 18.4 Å². The van der Waals surface area contributed by atoms with Gasteiger partial charge in [0.05, 0.1) is 0 Å². The van der Waals surface area contributed by atoms with Crippen LogP contribution in [0.2, 0.25) is 0 Å². The molecular weight excluding hydrogens is 260 g/mol. The zero-order valence-electron chi connectivity index (χ0n) is 13.6. The maximum Gasteiger partial charge on any atom is 0.221 e. The van der Waals surface area contributed by atoms with Gasteiger partial charge in [-0.05, 0) is 68.5 Å². The van der Waals surface area contributed by atoms with Crippen LogP contribution < -0.4 is 5.32 Å². The average Bonchev–Trinajstić information content (AvgIpc) is 2.46. The third-order valence-corrected chi connectivity index (χ3v) is 4.27. The molecule has 1 aromatic carbocycles. The summed E-state index contributed by atoms with van der Waals surface area (Å²) >= 11 is 0. The van der Waals surface area contributed by atoms with Gasteiger partial charge in [-0.15, -0.1) is 0 Å². The standard InChI is InChI=1S/C18H28N2O/c1-4-10-20(11-5-2)18-9-7-15-12-17(19-14(3)21)8-6-16(15)13-18/h6,8,12,18H,4-5,7,9-11,13H2,1-3H3,(H,19,21). The molecule has 0 radical (unpaired) electrons. The van der Waals surface area contributed by atoms with E-state index in [0.717, 1.165) is 18.5 Å². The summed E-state index contributed by atoms with van der Waals surface area (Å²) in [5, 5.41) is 2.88. The molecule has 1 atom stereocenters. The van der Waals surface area contributed by atoms with Crippen LogP contribution in [0, 0.1) is 0 Å². The molecule has 2 rings (SSSR count). The van der Waals surface area contributed by atoms with Gasteiger partial charge in [-0.3, -0.25) is 4.79 Å². The Morgan fingerprint density at radius 2 is 1.95 bits per heavy atom. The normalized spacial score (nSPS) is 17.6. The van der Waals surface area contributed by atoms with Gasteiger partial charge in [-0.25, -0.2) is 0 Å². The third kappa shape index (κ3) is 4.31. The molecule has 0 fully saturated rings. The van der Waals surface area contributed by atoms with E-state index < -0.39 is 0 Å². The lowest BCUT2D eigenvalue weighted by Gasteiger charge is -2.35. The summed E-state index contributed by atoms with van der Waals surface area (Å²) in [5.41, 5.74) is 3.79. The topological polar surface area (TPSA) is 32.3 Å². The second-order valence-electron chi connectivity index (χ2n) is 6.10. The van der Waals surface area contributed by atoms with E-state index in [-0.39, 0.29) is 5.91 Å². The molecule has 116 valence electrons. The van der Waals surface area contributed by atoms with Crippen LogP contribution in [-0.2, 0) is 17.6 Å². The quantitative estimate of drug-likeness (QED) is 0.867. The number of carbonyl (C=O) groups is 1. The molecule has 0 saturated heterocycles. The second-order valence-corrected chi connectivity index (χ2v) is 6.10. The minimum atomic E-state index is 0.000651. The number of nitrogens with zero attached hydrogens (tertiary/aromatic N) is 1. The van der Waals surface area contributed by atoms with Gasteiger partial charge < -0.3 is 10.2 Å². The van der Waals surface area contributed by atoms with Crippen LogP contribution in [0.1, 0.15) is 51.2 Å². The van der Waals surface area contributed by atoms with Crippen molar-refractivity contribution >= 4 is 11.6 Å². The van der Waals surface area contributed by atoms with E-state index in [1.807, 2.05) is 6.07 Å². The van der Waals surface area contributed by atoms with Crippen molar-refractivity contribution in [3.8, 4) is 0 Å². The largest absolute Gasteiger partial charge is 0.326 e. The first-order valence-electron chi connectivity index (χ1n) is 8.27. The van der Waals surface area contributed by atoms with Crippen LogP contribution in [-0.4, -0.2) is 29.9 Å². The summed E-state index contributed by atoms with van der Waals surface area (Å²) in [4.78, 5) is 13.8. The molecular formula is C18H28N2O. The van der Waals surface area contributed by atoms with Crippen LogP contribution in [0.15, 0.2) is 18.2 Å². The highest BCUT2D eigenvalue weighted by atomic mass is 16.1. The molecule has 0 aromatic heterocycles. The van der Waals surface area contributed by atoms with E-state index >= 15 is 0 Å². The number of nitrogens with one attached hydrogen (secondary N) is 1. The Morgan fingerprint density at radius 1 is 1.24 bits per heavy atom. The number of carbonyl (C=O) groups excluding carboxylic acids is 1. The predicted octanol–water partition coefficient (Wildman–Crippen LogP) is 3.62. The summed E-state index contributed by atoms with van der Waals surface area (Å²) in [6, 6.07) is 7.07. The van der Waals surface area contributed by atoms with Crippen molar-refractivity contribution in [3.05, 3.63) is 29.3 Å². The first-order chi connectivity index (χ1) is 10.1. The molecule has 1 N–H and O–H groups in total. The minimum absolute atomic E-state index is 0.000651. The second kappa shape index (κ2) is 7.60. The zero-order valence-corrected chi connectivity index (χ0v) is 13.6. The molecule has 1 unspecified atom stereocenters. The molecule has 3 nitrogen and oxygen atoms in total. The number of aryl methyl sites for hydroxylation is 1. The first kappa shape index (κ1) is 16.0. The summed E-state index contributed by atoms with van der Waals surface area (Å²) in [6.45, 7) is 8.50. The summed E-state index contributed by atoms with van der Waals surface area (Å²) in [5.74, 6) is 0.000651. The highest BCUT2D eigenvalue weighted by molar-refractivity contribution is 5.88. The lowest BCUT2D eigenvalue weighted by molar-refractivity contribution is -0.114. The van der Waals surface area contributed by atoms with Crippen molar-refractivity contribution < 1.29 is 4.79 Å². The Labute approximate surface area is 128 Å². The predicted molar refractivity (Wildman–Crippen MR) is 88.7 cm³/mol. The Bertz CT molecular complexity index is 478. The first-order valence-corrected chi connectivity index (χ1v) is 8.27. The molecule has 21 heavy (non-hydrogen) atoms. The maximum absolute atomic E-state index is 11.1. The minimum Gasteiger partial charge on any atom is -0.326 e. The van der Waals surface area contributed by atoms with Gasteiger partial charge in [0.2, 0.25) is 5.91 Å². The fourth-order valence-corrected chi connectivity index (χ4v) is 3.38. The Morgan fingerprint density at radius 3 is 2.57 bits per heavy atom. The lowest BCUT2D eigenvalue weighted by Crippen LogP contribution is -2.40. The van der Waals surface area contributed by atoms with E-state index in [1.54, 1.807) is 6.92 Å². The lowest BCUT2D eigenvalue weighted by atomic mass is 9.87. The number of fused-ring (bicyclic) bond motifs is 1. The summed E-state index contributed by atoms with van der Waals surface area (Å²) < 4.78 is 0. The monoisotopic (exact) mass is 288 g/mol. The van der Waals surface area contributed by atoms with Gasteiger partial charge in [-0.1, -0.05) is 19.9 Å². The molecule has 1 aliphatic carbocycles. The van der Waals surface area contributed by atoms with Crippen LogP contribution >= 0.6 is 0 Å². The molecule has 3 heteroatoms. The molecule has 1 amide bonds. The van der Waals surface area contributed by atoms with E-state index in [2.05, 4.69) is 36.2 Å². The Balaban J connectivity index is 2.07. The maximum atomic E-state index is 11.1. The third-order valence-electron chi connectivity index (χ3n) is 4.27. The highest BCUT2D eigenvalue weighted by Crippen LogP contribution is 2.27. The van der Waals surface area contributed by atoms with Crippen LogP contribution in [0.5, 0.6) is 0 Å². The smallest absolute Gasteiger partial charge is 0.221 e. The number of hydrogen-bond donors (Lipinski definition) is 1. The van der Waals surface area contributed by atoms with E-state index in [4.69, 9.17) is 0 Å². The van der Waals surface area contributed by atoms with Crippen molar-refractivity contribution in [2.45, 2.75) is 58.9 Å². The Kier molecular flexibility index (Phi) is 5.80. The zero-order chi connectivity index (χ0) is 15.2. The molecule has 1 aromatic rings. The molecule has 0 saturated carbocycles. The fourth-order valence-electron chi connectivity index (χ4n) is 3.38. The van der Waals surface area contributed by atoms with Gasteiger partial charge >= 0.3 is 0 Å². The van der Waals surface area contributed by atoms with Crippen LogP contribution in [0.3, 0.4) is 0 Å². The van der Waals surface area contributed by atoms with E-state index in [0.29, 0.717) is 6.04 Å². The van der Waals surface area contributed by atoms with Gasteiger partial charge in [0.25, 0.3) is 0 Å². The van der Waals surface area contributed by atoms with Crippen LogP contribution in [0.25, 0.3) is 0 Å². The molecule has 0 heterocycles. The number of anilines is 1. The number of benzene rings is 1. The van der Waals surface area contributed by atoms with Crippen molar-refractivity contribution in [2.24, 2.45) is 0 Å². The SMILES string of the molecule is CCCN(CCC)C1CCc2cc(NC(C)=O)ccc2C1. The molecule has 0 bridgehead atoms. The van der Waals surface area contributed by atoms with Gasteiger partial charge in [0.1, 0.15) is 0 Å². The van der Waals surface area contributed by atoms with Gasteiger partial charge in [-0.2, -0.15) is 0 Å². The molecule has 0 aliphatic heterocycles. The van der Waals surface area contributed by atoms with E-state index in [1.165, 1.54) is 43.5 Å². The summed E-state index contributed by atoms with van der Waals surface area (Å²) in [7, 11) is 0. The van der Waals surface area contributed by atoms with E-state index in [9.17, 15) is 4.79 Å². The average molecular weight is 288 g/mol. The molecule has 1 aliphatic rings. The highest BCUT2D eigenvalue weighted by Gasteiger charge is 2.23. The molecule has 0 spiro atoms. The van der Waals surface area contributed by atoms with Crippen LogP contribution in [0.4, 0.5) is 5.69 Å². The Hall–Kier alpha value is -1.35. The van der Waals surface area contributed by atoms with Crippen molar-refractivity contribution in [1.29, 1.82) is 0 Å². The van der Waals surface area contributed by atoms with Gasteiger partial charge in [0.15, 0.2) is 0 Å². The summed E-state index contributed by atoms with van der Waals surface area (Å²) in [6.07, 6.45) is 5.96. The number of rotatable bonds is 6. The number of hydrogen-bond acceptors (Lipinski definition) is 2. The fraction of sp³-hybridized carbons (Fsp3) is 0.611. The van der Waals surface area contributed by atoms with Crippen molar-refractivity contribution in [3.63, 3.8) is 0 Å².